The third kappa shape index (κ3) is 4.15. The zero-order chi connectivity index (χ0) is 16.1. The van der Waals surface area contributed by atoms with E-state index in [0.717, 1.165) is 25.2 Å². The molecule has 0 bridgehead atoms. The van der Waals surface area contributed by atoms with Crippen molar-refractivity contribution in [3.05, 3.63) is 23.7 Å². The molecular formula is C18H27NO4. The number of esters is 1. The van der Waals surface area contributed by atoms with E-state index >= 15 is 0 Å². The average Bonchev–Trinajstić information content (AvgIpc) is 3.03. The lowest BCUT2D eigenvalue weighted by atomic mass is 9.78. The first-order chi connectivity index (χ1) is 11.2. The number of carbonyl (C=O) groups excluding carboxylic acids is 1. The van der Waals surface area contributed by atoms with E-state index in [2.05, 4.69) is 5.32 Å². The molecule has 128 valence electrons. The van der Waals surface area contributed by atoms with Crippen molar-refractivity contribution in [2.45, 2.75) is 70.1 Å². The molecule has 5 nitrogen and oxygen atoms in total. The molecule has 1 saturated heterocycles. The van der Waals surface area contributed by atoms with Crippen LogP contribution < -0.4 is 5.32 Å². The van der Waals surface area contributed by atoms with Crippen molar-refractivity contribution in [3.63, 3.8) is 0 Å². The Morgan fingerprint density at radius 2 is 2.17 bits per heavy atom. The minimum atomic E-state index is -0.397. The fraction of sp³-hybridized carbons (Fsp3) is 0.722. The summed E-state index contributed by atoms with van der Waals surface area (Å²) < 4.78 is 16.6. The van der Waals surface area contributed by atoms with E-state index in [1.807, 2.05) is 6.07 Å². The number of nitrogens with one attached hydrogen (secondary N) is 1. The van der Waals surface area contributed by atoms with Crippen molar-refractivity contribution >= 4 is 5.97 Å². The largest absolute Gasteiger partial charge is 0.460 e. The van der Waals surface area contributed by atoms with Gasteiger partial charge in [0.25, 0.3) is 0 Å². The van der Waals surface area contributed by atoms with Gasteiger partial charge in [-0.25, -0.2) is 4.79 Å². The second kappa shape index (κ2) is 7.49. The molecule has 0 aromatic carbocycles. The monoisotopic (exact) mass is 321 g/mol. The van der Waals surface area contributed by atoms with E-state index in [1.165, 1.54) is 32.1 Å². The van der Waals surface area contributed by atoms with Crippen LogP contribution in [0.2, 0.25) is 0 Å². The Morgan fingerprint density at radius 1 is 1.35 bits per heavy atom. The lowest BCUT2D eigenvalue weighted by molar-refractivity contribution is -0.109. The van der Waals surface area contributed by atoms with Crippen molar-refractivity contribution in [3.8, 4) is 0 Å². The fourth-order valence-electron chi connectivity index (χ4n) is 3.78. The van der Waals surface area contributed by atoms with Gasteiger partial charge < -0.3 is 19.2 Å². The van der Waals surface area contributed by atoms with Gasteiger partial charge in [-0.1, -0.05) is 19.3 Å². The van der Waals surface area contributed by atoms with Crippen LogP contribution in [0.5, 0.6) is 0 Å². The number of carbonyl (C=O) groups is 1. The summed E-state index contributed by atoms with van der Waals surface area (Å²) in [5, 5.41) is 3.57. The second-order valence-corrected chi connectivity index (χ2v) is 6.65. The number of rotatable bonds is 5. The Hall–Kier alpha value is -1.33. The minimum absolute atomic E-state index is 0.105. The van der Waals surface area contributed by atoms with E-state index in [9.17, 15) is 4.79 Å². The highest BCUT2D eigenvalue weighted by Crippen LogP contribution is 2.38. The van der Waals surface area contributed by atoms with E-state index < -0.39 is 5.97 Å². The smallest absolute Gasteiger partial charge is 0.374 e. The molecule has 23 heavy (non-hydrogen) atoms. The zero-order valence-electron chi connectivity index (χ0n) is 13.9. The predicted molar refractivity (Wildman–Crippen MR) is 86.3 cm³/mol. The van der Waals surface area contributed by atoms with Crippen LogP contribution in [0.25, 0.3) is 0 Å². The fourth-order valence-corrected chi connectivity index (χ4v) is 3.78. The summed E-state index contributed by atoms with van der Waals surface area (Å²) in [6.45, 7) is 3.62. The number of hydrogen-bond donors (Lipinski definition) is 1. The maximum atomic E-state index is 11.6. The maximum absolute atomic E-state index is 11.6. The molecule has 1 atom stereocenters. The maximum Gasteiger partial charge on any atom is 0.374 e. The van der Waals surface area contributed by atoms with Crippen molar-refractivity contribution in [1.29, 1.82) is 0 Å². The molecular weight excluding hydrogens is 294 g/mol. The van der Waals surface area contributed by atoms with Gasteiger partial charge in [0.1, 0.15) is 5.76 Å². The van der Waals surface area contributed by atoms with Crippen LogP contribution in [0.4, 0.5) is 0 Å². The Morgan fingerprint density at radius 3 is 2.96 bits per heavy atom. The molecule has 5 heteroatoms. The van der Waals surface area contributed by atoms with Crippen molar-refractivity contribution in [2.75, 3.05) is 13.2 Å². The summed E-state index contributed by atoms with van der Waals surface area (Å²) in [6, 6.07) is 3.98. The quantitative estimate of drug-likeness (QED) is 0.842. The van der Waals surface area contributed by atoms with E-state index in [-0.39, 0.29) is 11.4 Å². The number of furan rings is 1. The standard InChI is InChI=1S/C18H27NO4/c1-2-21-17(20)16-7-6-15(23-16)13-19-14-8-11-22-18(12-14)9-4-3-5-10-18/h6-7,14,19H,2-5,8-13H2,1H3. The minimum Gasteiger partial charge on any atom is -0.460 e. The SMILES string of the molecule is CCOC(=O)c1ccc(CNC2CCOC3(CCCCC3)C2)o1. The predicted octanol–water partition coefficient (Wildman–Crippen LogP) is 3.43. The normalized spacial score (nSPS) is 23.8. The molecule has 1 aliphatic carbocycles. The number of ether oxygens (including phenoxy) is 2. The van der Waals surface area contributed by atoms with Gasteiger partial charge in [0.05, 0.1) is 18.8 Å². The second-order valence-electron chi connectivity index (χ2n) is 6.65. The van der Waals surface area contributed by atoms with Gasteiger partial charge in [0.2, 0.25) is 5.76 Å². The molecule has 2 fully saturated rings. The Kier molecular flexibility index (Phi) is 5.38. The number of hydrogen-bond acceptors (Lipinski definition) is 5. The molecule has 1 spiro atoms. The van der Waals surface area contributed by atoms with Gasteiger partial charge in [0, 0.05) is 12.6 Å². The summed E-state index contributed by atoms with van der Waals surface area (Å²) in [6.07, 6.45) is 8.41. The lowest BCUT2D eigenvalue weighted by Gasteiger charge is -2.43. The highest BCUT2D eigenvalue weighted by atomic mass is 16.5. The van der Waals surface area contributed by atoms with Crippen LogP contribution in [0.15, 0.2) is 16.5 Å². The highest BCUT2D eigenvalue weighted by Gasteiger charge is 2.38. The average molecular weight is 321 g/mol. The molecule has 0 radical (unpaired) electrons. The zero-order valence-corrected chi connectivity index (χ0v) is 13.9. The summed E-state index contributed by atoms with van der Waals surface area (Å²) in [7, 11) is 0. The van der Waals surface area contributed by atoms with E-state index in [0.29, 0.717) is 19.2 Å². The molecule has 2 heterocycles. The first-order valence-electron chi connectivity index (χ1n) is 8.84. The van der Waals surface area contributed by atoms with Gasteiger partial charge in [0.15, 0.2) is 0 Å². The Bertz CT molecular complexity index is 513. The third-order valence-electron chi connectivity index (χ3n) is 4.96. The molecule has 1 aromatic rings. The summed E-state index contributed by atoms with van der Waals surface area (Å²) in [5.74, 6) is 0.655. The van der Waals surface area contributed by atoms with Crippen LogP contribution in [0, 0.1) is 0 Å². The van der Waals surface area contributed by atoms with E-state index in [1.54, 1.807) is 13.0 Å². The van der Waals surface area contributed by atoms with Crippen LogP contribution in [0.3, 0.4) is 0 Å². The van der Waals surface area contributed by atoms with Crippen LogP contribution in [-0.2, 0) is 16.0 Å². The van der Waals surface area contributed by atoms with Crippen LogP contribution in [-0.4, -0.2) is 30.8 Å². The van der Waals surface area contributed by atoms with Gasteiger partial charge in [-0.2, -0.15) is 0 Å². The van der Waals surface area contributed by atoms with Gasteiger partial charge >= 0.3 is 5.97 Å². The van der Waals surface area contributed by atoms with Gasteiger partial charge in [-0.3, -0.25) is 0 Å². The lowest BCUT2D eigenvalue weighted by Crippen LogP contribution is -2.47. The Balaban J connectivity index is 1.51. The molecule has 1 saturated carbocycles. The third-order valence-corrected chi connectivity index (χ3v) is 4.96. The molecule has 1 aliphatic heterocycles. The van der Waals surface area contributed by atoms with Gasteiger partial charge in [-0.05, 0) is 44.7 Å². The van der Waals surface area contributed by atoms with Crippen molar-refractivity contribution in [2.24, 2.45) is 0 Å². The summed E-state index contributed by atoms with van der Waals surface area (Å²) >= 11 is 0. The Labute approximate surface area is 137 Å². The molecule has 3 rings (SSSR count). The summed E-state index contributed by atoms with van der Waals surface area (Å²) in [5.41, 5.74) is 0.105. The first-order valence-corrected chi connectivity index (χ1v) is 8.84. The van der Waals surface area contributed by atoms with Crippen molar-refractivity contribution < 1.29 is 18.7 Å². The van der Waals surface area contributed by atoms with E-state index in [4.69, 9.17) is 13.9 Å². The molecule has 1 N–H and O–H groups in total. The molecule has 2 aliphatic rings. The molecule has 1 unspecified atom stereocenters. The van der Waals surface area contributed by atoms with Crippen molar-refractivity contribution in [1.82, 2.24) is 5.32 Å². The van der Waals surface area contributed by atoms with Crippen LogP contribution in [0.1, 0.15) is 68.2 Å². The topological polar surface area (TPSA) is 60.7 Å². The first kappa shape index (κ1) is 16.5. The van der Waals surface area contributed by atoms with Gasteiger partial charge in [-0.15, -0.1) is 0 Å². The highest BCUT2D eigenvalue weighted by molar-refractivity contribution is 5.86. The molecule has 1 aromatic heterocycles. The van der Waals surface area contributed by atoms with Crippen LogP contribution >= 0.6 is 0 Å². The summed E-state index contributed by atoms with van der Waals surface area (Å²) in [4.78, 5) is 11.6. The molecule has 0 amide bonds.